The molecule has 0 aromatic heterocycles. The van der Waals surface area contributed by atoms with Gasteiger partial charge in [0.25, 0.3) is 0 Å². The Morgan fingerprint density at radius 3 is 2.33 bits per heavy atom. The Morgan fingerprint density at radius 1 is 1.50 bits per heavy atom. The average molecular weight is 194 g/mol. The molecule has 0 aliphatic carbocycles. The van der Waals surface area contributed by atoms with Crippen molar-refractivity contribution in [3.8, 4) is 0 Å². The molecule has 12 heavy (non-hydrogen) atoms. The van der Waals surface area contributed by atoms with E-state index in [1.807, 2.05) is 0 Å². The van der Waals surface area contributed by atoms with Crippen molar-refractivity contribution < 1.29 is 18.9 Å². The van der Waals surface area contributed by atoms with Gasteiger partial charge in [0.1, 0.15) is 11.8 Å². The topological polar surface area (TPSA) is 123 Å². The molecule has 5 N–H and O–H groups in total. The summed E-state index contributed by atoms with van der Waals surface area (Å²) in [5.41, 5.74) is 9.77. The summed E-state index contributed by atoms with van der Waals surface area (Å²) in [7, 11) is -1.58. The maximum atomic E-state index is 10.8. The fourth-order valence-electron chi connectivity index (χ4n) is 0.489. The van der Waals surface area contributed by atoms with Gasteiger partial charge in [-0.05, 0) is 0 Å². The third-order valence-corrected chi connectivity index (χ3v) is 2.32. The van der Waals surface area contributed by atoms with E-state index in [-0.39, 0.29) is 11.5 Å². The summed E-state index contributed by atoms with van der Waals surface area (Å²) in [5.74, 6) is -2.57. The largest absolute Gasteiger partial charge is 0.480 e. The van der Waals surface area contributed by atoms with Gasteiger partial charge < -0.3 is 16.6 Å². The first-order chi connectivity index (χ1) is 5.43. The average Bonchev–Trinajstić information content (AvgIpc) is 1.84. The number of carboxylic acid groups (broad SMARTS) is 1. The summed E-state index contributed by atoms with van der Waals surface area (Å²) in [4.78, 5) is 20.3. The molecule has 0 fully saturated rings. The number of nitrogens with two attached hydrogens (primary N) is 2. The minimum absolute atomic E-state index is 0.252. The number of hydrogen-bond donors (Lipinski definition) is 3. The summed E-state index contributed by atoms with van der Waals surface area (Å²) in [5, 5.41) is 8.29. The van der Waals surface area contributed by atoms with E-state index in [9.17, 15) is 13.8 Å². The van der Waals surface area contributed by atoms with Gasteiger partial charge >= 0.3 is 5.97 Å². The molecule has 0 aromatic carbocycles. The van der Waals surface area contributed by atoms with Crippen molar-refractivity contribution in [2.45, 2.75) is 6.04 Å². The summed E-state index contributed by atoms with van der Waals surface area (Å²) < 4.78 is 10.8. The van der Waals surface area contributed by atoms with Gasteiger partial charge in [-0.3, -0.25) is 13.8 Å². The van der Waals surface area contributed by atoms with Gasteiger partial charge in [0.15, 0.2) is 0 Å². The number of hydrogen-bond acceptors (Lipinski definition) is 4. The van der Waals surface area contributed by atoms with Crippen molar-refractivity contribution in [3.63, 3.8) is 0 Å². The molecule has 0 unspecified atom stereocenters. The Bertz CT molecular complexity index is 217. The number of amides is 1. The lowest BCUT2D eigenvalue weighted by atomic mass is 10.4. The van der Waals surface area contributed by atoms with E-state index in [2.05, 4.69) is 0 Å². The van der Waals surface area contributed by atoms with Crippen molar-refractivity contribution in [2.75, 3.05) is 11.5 Å². The van der Waals surface area contributed by atoms with Crippen molar-refractivity contribution in [2.24, 2.45) is 11.5 Å². The second kappa shape index (κ2) is 4.83. The Morgan fingerprint density at radius 2 is 2.00 bits per heavy atom. The van der Waals surface area contributed by atoms with Crippen LogP contribution in [0.15, 0.2) is 0 Å². The van der Waals surface area contributed by atoms with Crippen molar-refractivity contribution in [1.82, 2.24) is 0 Å². The molecule has 0 aliphatic rings. The molecule has 0 rings (SSSR count). The smallest absolute Gasteiger partial charge is 0.321 e. The first-order valence-corrected chi connectivity index (χ1v) is 4.54. The van der Waals surface area contributed by atoms with E-state index in [1.165, 1.54) is 0 Å². The highest BCUT2D eigenvalue weighted by atomic mass is 32.2. The van der Waals surface area contributed by atoms with Crippen molar-refractivity contribution >= 4 is 22.7 Å². The van der Waals surface area contributed by atoms with Gasteiger partial charge in [0, 0.05) is 16.6 Å². The molecule has 0 spiro atoms. The van der Waals surface area contributed by atoms with Crippen LogP contribution in [-0.4, -0.2) is 38.7 Å². The maximum Gasteiger partial charge on any atom is 0.321 e. The van der Waals surface area contributed by atoms with Crippen LogP contribution in [-0.2, 0) is 20.4 Å². The normalized spacial score (nSPS) is 15.1. The fourth-order valence-corrected chi connectivity index (χ4v) is 1.47. The predicted octanol–water partition coefficient (Wildman–Crippen LogP) is -2.37. The molecule has 1 amide bonds. The van der Waals surface area contributed by atoms with Crippen LogP contribution in [0, 0.1) is 0 Å². The van der Waals surface area contributed by atoms with E-state index in [0.717, 1.165) is 0 Å². The molecule has 0 radical (unpaired) electrons. The quantitative estimate of drug-likeness (QED) is 0.451. The van der Waals surface area contributed by atoms with Crippen molar-refractivity contribution in [1.29, 1.82) is 0 Å². The molecule has 0 saturated carbocycles. The molecule has 0 aliphatic heterocycles. The van der Waals surface area contributed by atoms with Crippen LogP contribution in [0.2, 0.25) is 0 Å². The maximum absolute atomic E-state index is 10.8. The van der Waals surface area contributed by atoms with E-state index >= 15 is 0 Å². The standard InChI is InChI=1S/C5H10N2O4S/c6-3(5(9)10)1-12(11)2-4(7)8/h3H,1-2,6H2,(H2,7,8)(H,9,10)/t3-,12-/m1/s1. The minimum atomic E-state index is -1.58. The lowest BCUT2D eigenvalue weighted by Crippen LogP contribution is -2.37. The van der Waals surface area contributed by atoms with Crippen molar-refractivity contribution in [3.05, 3.63) is 0 Å². The zero-order valence-electron chi connectivity index (χ0n) is 6.23. The second-order valence-electron chi connectivity index (χ2n) is 2.16. The Labute approximate surface area is 71.4 Å². The lowest BCUT2D eigenvalue weighted by Gasteiger charge is -2.03. The number of primary amides is 1. The molecular formula is C5H10N2O4S. The molecule has 70 valence electrons. The molecule has 0 heterocycles. The molecular weight excluding hydrogens is 184 g/mol. The Kier molecular flexibility index (Phi) is 4.45. The van der Waals surface area contributed by atoms with Gasteiger partial charge in [-0.2, -0.15) is 0 Å². The summed E-state index contributed by atoms with van der Waals surface area (Å²) in [6, 6.07) is -1.20. The molecule has 2 atom stereocenters. The van der Waals surface area contributed by atoms with Crippen LogP contribution in [0.5, 0.6) is 0 Å². The highest BCUT2D eigenvalue weighted by Crippen LogP contribution is 1.87. The third kappa shape index (κ3) is 4.80. The third-order valence-electron chi connectivity index (χ3n) is 0.986. The number of aliphatic carboxylic acids is 1. The molecule has 0 bridgehead atoms. The van der Waals surface area contributed by atoms with Gasteiger partial charge in [-0.15, -0.1) is 0 Å². The fraction of sp³-hybridized carbons (Fsp3) is 0.600. The summed E-state index contributed by atoms with van der Waals surface area (Å²) in [6.45, 7) is 0. The van der Waals surface area contributed by atoms with Gasteiger partial charge in [0.05, 0.1) is 0 Å². The molecule has 7 heteroatoms. The molecule has 0 saturated heterocycles. The highest BCUT2D eigenvalue weighted by molar-refractivity contribution is 7.85. The van der Waals surface area contributed by atoms with E-state index in [1.54, 1.807) is 0 Å². The van der Waals surface area contributed by atoms with Crippen LogP contribution in [0.3, 0.4) is 0 Å². The van der Waals surface area contributed by atoms with Gasteiger partial charge in [-0.1, -0.05) is 0 Å². The second-order valence-corrected chi connectivity index (χ2v) is 3.66. The Balaban J connectivity index is 3.85. The SMILES string of the molecule is NC(=O)C[S@](=O)C[C@@H](N)C(=O)O. The highest BCUT2D eigenvalue weighted by Gasteiger charge is 2.16. The van der Waals surface area contributed by atoms with Gasteiger partial charge in [-0.25, -0.2) is 0 Å². The van der Waals surface area contributed by atoms with Crippen LogP contribution in [0.1, 0.15) is 0 Å². The van der Waals surface area contributed by atoms with Crippen LogP contribution in [0.4, 0.5) is 0 Å². The Hall–Kier alpha value is -0.950. The number of rotatable bonds is 5. The first-order valence-electron chi connectivity index (χ1n) is 3.05. The predicted molar refractivity (Wildman–Crippen MR) is 42.7 cm³/mol. The zero-order valence-corrected chi connectivity index (χ0v) is 7.04. The lowest BCUT2D eigenvalue weighted by molar-refractivity contribution is -0.138. The summed E-state index contributed by atoms with van der Waals surface area (Å²) >= 11 is 0. The van der Waals surface area contributed by atoms with Crippen LogP contribution >= 0.6 is 0 Å². The summed E-state index contributed by atoms with van der Waals surface area (Å²) in [6.07, 6.45) is 0. The van der Waals surface area contributed by atoms with E-state index in [4.69, 9.17) is 16.6 Å². The number of carbonyl (C=O) groups excluding carboxylic acids is 1. The van der Waals surface area contributed by atoms with E-state index in [0.29, 0.717) is 0 Å². The van der Waals surface area contributed by atoms with Crippen LogP contribution in [0.25, 0.3) is 0 Å². The molecule has 6 nitrogen and oxygen atoms in total. The van der Waals surface area contributed by atoms with E-state index < -0.39 is 28.7 Å². The monoisotopic (exact) mass is 194 g/mol. The first kappa shape index (κ1) is 11.1. The minimum Gasteiger partial charge on any atom is -0.480 e. The van der Waals surface area contributed by atoms with Crippen LogP contribution < -0.4 is 11.5 Å². The zero-order chi connectivity index (χ0) is 9.72. The number of carbonyl (C=O) groups is 2. The molecule has 0 aromatic rings. The van der Waals surface area contributed by atoms with Gasteiger partial charge in [0.2, 0.25) is 5.91 Å². The number of carboxylic acids is 1.